The first kappa shape index (κ1) is 18.7. The lowest BCUT2D eigenvalue weighted by molar-refractivity contribution is -0.138. The van der Waals surface area contributed by atoms with Gasteiger partial charge in [0.15, 0.2) is 0 Å². The van der Waals surface area contributed by atoms with Crippen molar-refractivity contribution in [1.29, 1.82) is 0 Å². The van der Waals surface area contributed by atoms with E-state index in [1.807, 2.05) is 5.10 Å². The fourth-order valence-electron chi connectivity index (χ4n) is 3.01. The number of carboxylic acids is 1. The van der Waals surface area contributed by atoms with E-state index in [4.69, 9.17) is 9.84 Å². The predicted octanol–water partition coefficient (Wildman–Crippen LogP) is 1.93. The zero-order valence-electron chi connectivity index (χ0n) is 13.9. The molecule has 144 valence electrons. The number of carbonyl (C=O) groups is 1. The summed E-state index contributed by atoms with van der Waals surface area (Å²) in [5.74, 6) is -1.09. The van der Waals surface area contributed by atoms with Gasteiger partial charge in [0.05, 0.1) is 23.5 Å². The number of hydrogen-bond acceptors (Lipinski definition) is 6. The highest BCUT2D eigenvalue weighted by Gasteiger charge is 2.40. The van der Waals surface area contributed by atoms with Gasteiger partial charge >= 0.3 is 12.1 Å². The van der Waals surface area contributed by atoms with Crippen LogP contribution in [0, 0.1) is 0 Å². The highest BCUT2D eigenvalue weighted by Crippen LogP contribution is 2.36. The first-order chi connectivity index (χ1) is 12.8. The third-order valence-corrected chi connectivity index (χ3v) is 4.21. The highest BCUT2D eigenvalue weighted by molar-refractivity contribution is 5.87. The predicted molar refractivity (Wildman–Crippen MR) is 86.9 cm³/mol. The van der Waals surface area contributed by atoms with E-state index >= 15 is 0 Å². The first-order valence-electron chi connectivity index (χ1n) is 8.01. The lowest BCUT2D eigenvalue weighted by Crippen LogP contribution is -2.38. The van der Waals surface area contributed by atoms with E-state index in [0.29, 0.717) is 19.4 Å². The number of hydrogen-bond donors (Lipinski definition) is 2. The van der Waals surface area contributed by atoms with Crippen LogP contribution in [0.5, 0.6) is 5.88 Å². The van der Waals surface area contributed by atoms with Crippen LogP contribution >= 0.6 is 0 Å². The van der Waals surface area contributed by atoms with E-state index < -0.39 is 29.3 Å². The molecule has 2 N–H and O–H groups in total. The Morgan fingerprint density at radius 2 is 2.22 bits per heavy atom. The summed E-state index contributed by atoms with van der Waals surface area (Å²) in [4.78, 5) is 28.0. The monoisotopic (exact) mass is 384 g/mol. The molecule has 11 heteroatoms. The second-order valence-corrected chi connectivity index (χ2v) is 5.95. The summed E-state index contributed by atoms with van der Waals surface area (Å²) in [7, 11) is 0. The molecule has 2 aromatic rings. The molecular weight excluding hydrogens is 369 g/mol. The van der Waals surface area contributed by atoms with Crippen LogP contribution in [0.2, 0.25) is 0 Å². The molecular formula is C16H15F3N4O4. The van der Waals surface area contributed by atoms with Crippen molar-refractivity contribution in [2.45, 2.75) is 25.1 Å². The Labute approximate surface area is 150 Å². The topological polar surface area (TPSA) is 108 Å². The van der Waals surface area contributed by atoms with Crippen molar-refractivity contribution in [3.8, 4) is 5.88 Å². The number of aromatic nitrogens is 3. The van der Waals surface area contributed by atoms with Gasteiger partial charge in [-0.15, -0.1) is 0 Å². The maximum absolute atomic E-state index is 13.3. The second kappa shape index (κ2) is 7.25. The zero-order valence-corrected chi connectivity index (χ0v) is 13.9. The van der Waals surface area contributed by atoms with E-state index in [9.17, 15) is 22.8 Å². The molecule has 1 aliphatic rings. The SMILES string of the molecule is O=C(O)c1ccnc(OC[C@@H]2CCCN2c2cn[nH]c(=O)c2C(F)(F)F)c1. The molecule has 8 nitrogen and oxygen atoms in total. The molecule has 0 unspecified atom stereocenters. The minimum Gasteiger partial charge on any atom is -0.478 e. The molecule has 3 heterocycles. The first-order valence-corrected chi connectivity index (χ1v) is 8.01. The summed E-state index contributed by atoms with van der Waals surface area (Å²) in [6.07, 6.45) is -1.42. The van der Waals surface area contributed by atoms with Gasteiger partial charge in [0.1, 0.15) is 12.2 Å². The van der Waals surface area contributed by atoms with E-state index in [1.54, 1.807) is 0 Å². The smallest absolute Gasteiger partial charge is 0.423 e. The van der Waals surface area contributed by atoms with Crippen molar-refractivity contribution in [1.82, 2.24) is 15.2 Å². The summed E-state index contributed by atoms with van der Waals surface area (Å²) in [5, 5.41) is 14.3. The Morgan fingerprint density at radius 1 is 1.44 bits per heavy atom. The average molecular weight is 384 g/mol. The second-order valence-electron chi connectivity index (χ2n) is 5.95. The molecule has 0 aliphatic carbocycles. The number of carboxylic acid groups (broad SMARTS) is 1. The van der Waals surface area contributed by atoms with Crippen LogP contribution in [0.1, 0.15) is 28.8 Å². The van der Waals surface area contributed by atoms with Crippen LogP contribution in [0.4, 0.5) is 18.9 Å². The van der Waals surface area contributed by atoms with Gasteiger partial charge in [-0.05, 0) is 18.9 Å². The number of alkyl halides is 3. The van der Waals surface area contributed by atoms with Crippen LogP contribution in [0.3, 0.4) is 0 Å². The number of pyridine rings is 1. The number of nitrogens with zero attached hydrogens (tertiary/aromatic N) is 3. The number of rotatable bonds is 5. The maximum atomic E-state index is 13.3. The van der Waals surface area contributed by atoms with Gasteiger partial charge < -0.3 is 14.7 Å². The molecule has 1 saturated heterocycles. The van der Waals surface area contributed by atoms with E-state index in [1.165, 1.54) is 23.2 Å². The molecule has 1 atom stereocenters. The molecule has 2 aromatic heterocycles. The van der Waals surface area contributed by atoms with E-state index in [2.05, 4.69) is 10.1 Å². The van der Waals surface area contributed by atoms with E-state index in [-0.39, 0.29) is 23.7 Å². The van der Waals surface area contributed by atoms with Crippen molar-refractivity contribution < 1.29 is 27.8 Å². The van der Waals surface area contributed by atoms with Gasteiger partial charge in [0, 0.05) is 18.8 Å². The summed E-state index contributed by atoms with van der Waals surface area (Å²) < 4.78 is 45.4. The molecule has 0 bridgehead atoms. The van der Waals surface area contributed by atoms with E-state index in [0.717, 1.165) is 6.20 Å². The molecule has 1 aliphatic heterocycles. The Bertz CT molecular complexity index is 900. The number of anilines is 1. The highest BCUT2D eigenvalue weighted by atomic mass is 19.4. The van der Waals surface area contributed by atoms with Crippen LogP contribution in [-0.2, 0) is 6.18 Å². The molecule has 0 aromatic carbocycles. The van der Waals surface area contributed by atoms with Gasteiger partial charge in [-0.3, -0.25) is 4.79 Å². The Hall–Kier alpha value is -3.11. The Balaban J connectivity index is 1.81. The van der Waals surface area contributed by atoms with Crippen molar-refractivity contribution in [3.05, 3.63) is 46.0 Å². The average Bonchev–Trinajstić information content (AvgIpc) is 3.07. The molecule has 0 spiro atoms. The van der Waals surface area contributed by atoms with Gasteiger partial charge in [0.25, 0.3) is 5.56 Å². The number of aromatic amines is 1. The minimum absolute atomic E-state index is 0.0126. The zero-order chi connectivity index (χ0) is 19.6. The summed E-state index contributed by atoms with van der Waals surface area (Å²) in [6, 6.07) is 2.09. The molecule has 1 fully saturated rings. The van der Waals surface area contributed by atoms with Crippen molar-refractivity contribution >= 4 is 11.7 Å². The van der Waals surface area contributed by atoms with Crippen molar-refractivity contribution in [2.24, 2.45) is 0 Å². The summed E-state index contributed by atoms with van der Waals surface area (Å²) in [6.45, 7) is 0.297. The lowest BCUT2D eigenvalue weighted by Gasteiger charge is -2.28. The Morgan fingerprint density at radius 3 is 2.93 bits per heavy atom. The normalized spacial score (nSPS) is 17.1. The third kappa shape index (κ3) is 4.01. The molecule has 3 rings (SSSR count). The summed E-state index contributed by atoms with van der Waals surface area (Å²) >= 11 is 0. The molecule has 0 radical (unpaired) electrons. The van der Waals surface area contributed by atoms with Crippen molar-refractivity contribution in [2.75, 3.05) is 18.1 Å². The van der Waals surface area contributed by atoms with Gasteiger partial charge in [-0.2, -0.15) is 18.3 Å². The fourth-order valence-corrected chi connectivity index (χ4v) is 3.01. The number of H-pyrrole nitrogens is 1. The fraction of sp³-hybridized carbons (Fsp3) is 0.375. The number of aromatic carboxylic acids is 1. The number of ether oxygens (including phenoxy) is 1. The van der Waals surface area contributed by atoms with Crippen LogP contribution < -0.4 is 15.2 Å². The minimum atomic E-state index is -4.82. The van der Waals surface area contributed by atoms with Crippen LogP contribution in [-0.4, -0.2) is 45.5 Å². The van der Waals surface area contributed by atoms with Crippen LogP contribution in [0.15, 0.2) is 29.3 Å². The van der Waals surface area contributed by atoms with Crippen molar-refractivity contribution in [3.63, 3.8) is 0 Å². The molecule has 0 amide bonds. The van der Waals surface area contributed by atoms with Crippen LogP contribution in [0.25, 0.3) is 0 Å². The largest absolute Gasteiger partial charge is 0.478 e. The number of halogens is 3. The summed E-state index contributed by atoms with van der Waals surface area (Å²) in [5.41, 5.74) is -2.91. The third-order valence-electron chi connectivity index (χ3n) is 4.21. The quantitative estimate of drug-likeness (QED) is 0.811. The Kier molecular flexibility index (Phi) is 5.02. The van der Waals surface area contributed by atoms with Gasteiger partial charge in [-0.1, -0.05) is 0 Å². The molecule has 27 heavy (non-hydrogen) atoms. The molecule has 0 saturated carbocycles. The standard InChI is InChI=1S/C16H15F3N4O4/c17-16(18,19)13-11(7-21-22-14(13)24)23-5-1-2-10(23)8-27-12-6-9(15(25)26)3-4-20-12/h3-4,6-7,10H,1-2,5,8H2,(H,22,24)(H,25,26)/t10-/m0/s1. The number of nitrogens with one attached hydrogen (secondary N) is 1. The lowest BCUT2D eigenvalue weighted by atomic mass is 10.2. The van der Waals surface area contributed by atoms with Gasteiger partial charge in [-0.25, -0.2) is 14.9 Å². The maximum Gasteiger partial charge on any atom is 0.423 e. The van der Waals surface area contributed by atoms with Gasteiger partial charge in [0.2, 0.25) is 5.88 Å².